The summed E-state index contributed by atoms with van der Waals surface area (Å²) in [7, 11) is 0. The van der Waals surface area contributed by atoms with Crippen LogP contribution in [0.3, 0.4) is 0 Å². The molecule has 0 N–H and O–H groups in total. The van der Waals surface area contributed by atoms with Gasteiger partial charge in [-0.3, -0.25) is 29.0 Å². The van der Waals surface area contributed by atoms with Gasteiger partial charge in [0.25, 0.3) is 0 Å². The van der Waals surface area contributed by atoms with Gasteiger partial charge in [0.15, 0.2) is 0 Å². The maximum Gasteiger partial charge on any atom is 2.00 e. The summed E-state index contributed by atoms with van der Waals surface area (Å²) < 4.78 is 12.6. The SMILES string of the molecule is C.CC(C)(C)C(c1[c-]c(-n2c3[c-]c(-n4cc(-c5ccccc5)cn4)ccc3c3ccccc32)ccc1)(c1ccccn1)C(C)(C)C.CC(C)(C)c1ccc2c(c1)-c1cc(C(C)(C)C)ccc1C2(c1[c-]c(-n2c3[c-]c(-n4cc(-c5ccccc5)cn4)ccc3c3ccccc32)ccc1)c1ccccn1.CC(C)(c1[c-]c(-n2c3[c-]c(-n4cc(-c5ccccc5)cn4)ccc3c3ccccc32)ccc1)c1ccccn1.[Pt+2].[Pt+2].[Pt+2]. The van der Waals surface area contributed by atoms with Gasteiger partial charge in [-0.2, -0.15) is 88.1 Å². The first-order valence-corrected chi connectivity index (χ1v) is 48.5. The third-order valence-corrected chi connectivity index (χ3v) is 28.6. The Hall–Kier alpha value is -14.4. The number of pyridine rings is 3. The summed E-state index contributed by atoms with van der Waals surface area (Å²) in [6.07, 6.45) is 17.6. The largest absolute Gasteiger partial charge is 2.00 e. The average Bonchev–Trinajstić information content (AvgIpc) is 0.826. The number of rotatable bonds is 15. The van der Waals surface area contributed by atoms with E-state index in [4.69, 9.17) is 20.2 Å². The fourth-order valence-electron chi connectivity index (χ4n) is 21.9. The van der Waals surface area contributed by atoms with Crippen LogP contribution in [0.25, 0.3) is 144 Å². The summed E-state index contributed by atoms with van der Waals surface area (Å²) in [5.74, 6) is 0. The normalized spacial score (nSPS) is 12.5. The molecule has 145 heavy (non-hydrogen) atoms. The Morgan fingerprint density at radius 1 is 0.269 bits per heavy atom. The quantitative estimate of drug-likeness (QED) is 0.0947. The van der Waals surface area contributed by atoms with E-state index in [1.165, 1.54) is 49.5 Å². The molecule has 14 aromatic carbocycles. The van der Waals surface area contributed by atoms with Crippen molar-refractivity contribution in [1.29, 1.82) is 0 Å². The minimum atomic E-state index is -0.703. The zero-order chi connectivity index (χ0) is 96.9. The Morgan fingerprint density at radius 3 is 0.986 bits per heavy atom. The van der Waals surface area contributed by atoms with Crippen molar-refractivity contribution in [3.8, 4) is 78.6 Å². The summed E-state index contributed by atoms with van der Waals surface area (Å²) in [5, 5.41) is 21.1. The number of aromatic nitrogens is 12. The fraction of sp³-hybridized carbons (Fsp3) is 0.169. The van der Waals surface area contributed by atoms with Gasteiger partial charge in [0.1, 0.15) is 0 Å². The van der Waals surface area contributed by atoms with Crippen molar-refractivity contribution in [2.75, 3.05) is 0 Å². The average molecular weight is 2430 g/mol. The summed E-state index contributed by atoms with van der Waals surface area (Å²) in [6, 6.07) is 145. The minimum absolute atomic E-state index is 0. The van der Waals surface area contributed by atoms with E-state index in [1.807, 2.05) is 106 Å². The van der Waals surface area contributed by atoms with E-state index in [1.54, 1.807) is 0 Å². The van der Waals surface area contributed by atoms with Gasteiger partial charge in [-0.1, -0.05) is 338 Å². The van der Waals surface area contributed by atoms with Gasteiger partial charge < -0.3 is 13.7 Å². The minimum Gasteiger partial charge on any atom is -0.358 e. The molecule has 0 atom stereocenters. The predicted octanol–water partition coefficient (Wildman–Crippen LogP) is 31.2. The Kier molecular flexibility index (Phi) is 27.8. The van der Waals surface area contributed by atoms with Crippen molar-refractivity contribution in [1.82, 2.24) is 58.0 Å². The molecule has 0 bridgehead atoms. The van der Waals surface area contributed by atoms with Gasteiger partial charge in [0.05, 0.1) is 29.7 Å². The predicted molar refractivity (Wildman–Crippen MR) is 583 cm³/mol. The Bertz CT molecular complexity index is 8540. The van der Waals surface area contributed by atoms with Crippen LogP contribution in [0.1, 0.15) is 160 Å². The van der Waals surface area contributed by atoms with Crippen LogP contribution in [0.4, 0.5) is 0 Å². The second kappa shape index (κ2) is 40.0. The van der Waals surface area contributed by atoms with Crippen LogP contribution in [0.15, 0.2) is 402 Å². The zero-order valence-corrected chi connectivity index (χ0v) is 89.7. The van der Waals surface area contributed by atoms with Crippen molar-refractivity contribution in [3.63, 3.8) is 0 Å². The molecule has 9 heterocycles. The molecule has 0 spiro atoms. The van der Waals surface area contributed by atoms with Gasteiger partial charge >= 0.3 is 63.2 Å². The molecule has 12 nitrogen and oxygen atoms in total. The number of nitrogens with zero attached hydrogens (tertiary/aromatic N) is 12. The number of benzene rings is 14. The van der Waals surface area contributed by atoms with E-state index >= 15 is 0 Å². The molecule has 23 aromatic rings. The maximum absolute atomic E-state index is 5.17. The third kappa shape index (κ3) is 18.0. The number of para-hydroxylation sites is 3. The molecule has 0 fully saturated rings. The second-order valence-corrected chi connectivity index (χ2v) is 41.6. The van der Waals surface area contributed by atoms with E-state index in [0.717, 1.165) is 151 Å². The van der Waals surface area contributed by atoms with E-state index in [0.29, 0.717) is 0 Å². The molecule has 0 saturated heterocycles. The first kappa shape index (κ1) is 101. The van der Waals surface area contributed by atoms with Gasteiger partial charge in [0.2, 0.25) is 0 Å². The number of fused-ring (bicyclic) bond motifs is 12. The van der Waals surface area contributed by atoms with Crippen LogP contribution in [0.5, 0.6) is 0 Å². The molecule has 722 valence electrons. The molecule has 15 heteroatoms. The van der Waals surface area contributed by atoms with Crippen molar-refractivity contribution in [3.05, 3.63) is 494 Å². The Labute approximate surface area is 893 Å². The molecule has 9 aromatic heterocycles. The van der Waals surface area contributed by atoms with Crippen molar-refractivity contribution in [2.45, 2.75) is 131 Å². The van der Waals surface area contributed by atoms with Gasteiger partial charge in [-0.15, -0.1) is 87.4 Å². The van der Waals surface area contributed by atoms with Gasteiger partial charge in [-0.05, 0) is 160 Å². The zero-order valence-electron chi connectivity index (χ0n) is 82.9. The molecule has 24 rings (SSSR count). The Morgan fingerprint density at radius 2 is 0.614 bits per heavy atom. The molecule has 0 amide bonds. The molecule has 0 radical (unpaired) electrons. The first-order chi connectivity index (χ1) is 68.2. The van der Waals surface area contributed by atoms with Crippen molar-refractivity contribution in [2.24, 2.45) is 10.8 Å². The van der Waals surface area contributed by atoms with Crippen molar-refractivity contribution < 1.29 is 63.2 Å². The van der Waals surface area contributed by atoms with E-state index in [2.05, 4.69) is 467 Å². The molecule has 0 saturated carbocycles. The third-order valence-electron chi connectivity index (χ3n) is 28.6. The van der Waals surface area contributed by atoms with Crippen LogP contribution >= 0.6 is 0 Å². The summed E-state index contributed by atoms with van der Waals surface area (Å²) in [6.45, 7) is 32.1. The molecular formula is C130H112N12Pt3. The summed E-state index contributed by atoms with van der Waals surface area (Å²) in [4.78, 5) is 14.8. The molecule has 1 aliphatic carbocycles. The van der Waals surface area contributed by atoms with Crippen LogP contribution in [-0.4, -0.2) is 58.0 Å². The second-order valence-electron chi connectivity index (χ2n) is 41.6. The summed E-state index contributed by atoms with van der Waals surface area (Å²) in [5.41, 5.74) is 30.6. The van der Waals surface area contributed by atoms with E-state index < -0.39 is 10.8 Å². The van der Waals surface area contributed by atoms with E-state index in [-0.39, 0.29) is 97.7 Å². The smallest absolute Gasteiger partial charge is 0.358 e. The summed E-state index contributed by atoms with van der Waals surface area (Å²) >= 11 is 0. The van der Waals surface area contributed by atoms with Gasteiger partial charge in [0, 0.05) is 92.6 Å². The van der Waals surface area contributed by atoms with Crippen LogP contribution in [0, 0.1) is 47.2 Å². The van der Waals surface area contributed by atoms with Crippen molar-refractivity contribution >= 4 is 65.4 Å². The van der Waals surface area contributed by atoms with E-state index in [9.17, 15) is 0 Å². The Balaban J connectivity index is 0.000000144. The fourth-order valence-corrected chi connectivity index (χ4v) is 21.9. The van der Waals surface area contributed by atoms with Crippen LogP contribution in [0.2, 0.25) is 0 Å². The molecule has 1 aliphatic rings. The standard InChI is InChI=1S/C53H44N4.C41H38N4.C35H26N4.CH4.3Pt/c1-51(2,3)37-22-26-46-44(30-37)45-31-38(52(4,5)6)23-27-47(45)53(46,50-21-12-13-28-54-50)39-17-14-18-41(29-39)57-48-20-11-10-19-42(48)43-25-24-40(32-49(43)57)56-34-36(33-55-56)35-15-8-7-9-16-35;1-39(2,3)41(40(4,5)6,38-21-12-13-24-42-38)31-17-14-18-33(25-31)45-36-20-11-10-19-34(36)35-23-22-32(26-37(35)45)44-28-30(27-43-44)29-15-8-7-9-16-29;1-35(2,34-17-8-9-20-36-34)27-13-10-14-29(21-27)39-32-16-7-6-15-30(32)31-19-18-28(22-33(31)39)38-24-26(23-37-38)25-11-4-3-5-12-25;;;;/h7-28,30-31,33-34H,1-6H3;7-24,27-28H,1-6H3;3-20,23-24H,1-2H3;1H4;;;/q3*-2;;3*+2. The van der Waals surface area contributed by atoms with Crippen LogP contribution in [-0.2, 0) is 90.3 Å². The molecule has 0 unspecified atom stereocenters. The number of hydrogen-bond acceptors (Lipinski definition) is 6. The van der Waals surface area contributed by atoms with Gasteiger partial charge in [-0.25, -0.2) is 0 Å². The number of hydrogen-bond donors (Lipinski definition) is 0. The monoisotopic (exact) mass is 2430 g/mol. The topological polar surface area (TPSA) is 107 Å². The molecular weight excluding hydrogens is 2310 g/mol. The molecule has 0 aliphatic heterocycles. The van der Waals surface area contributed by atoms with Crippen LogP contribution < -0.4 is 0 Å². The maximum atomic E-state index is 5.17. The first-order valence-electron chi connectivity index (χ1n) is 48.5.